The fourth-order valence-corrected chi connectivity index (χ4v) is 4.41. The highest BCUT2D eigenvalue weighted by molar-refractivity contribution is 5.78. The zero-order valence-corrected chi connectivity index (χ0v) is 20.1. The molecule has 1 aliphatic rings. The van der Waals surface area contributed by atoms with Gasteiger partial charge in [0.05, 0.1) is 19.2 Å². The standard InChI is InChI=1S/C28H32F2N2O3/c1-21-9-11-25(35-21)19-32(14-13-22-6-3-2-4-7-22)28(33)20-31(18-24-8-5-15-34-24)17-23-10-12-26(29)27(30)16-23/h2-4,6-7,9-12,16,24H,5,8,13-15,17-20H2,1H3/t24-/m0/s1. The van der Waals surface area contributed by atoms with Crippen molar-refractivity contribution < 1.29 is 22.7 Å². The van der Waals surface area contributed by atoms with Crippen LogP contribution >= 0.6 is 0 Å². The van der Waals surface area contributed by atoms with Gasteiger partial charge in [0, 0.05) is 26.2 Å². The summed E-state index contributed by atoms with van der Waals surface area (Å²) in [5.74, 6) is -0.278. The van der Waals surface area contributed by atoms with Gasteiger partial charge in [0.25, 0.3) is 0 Å². The van der Waals surface area contributed by atoms with Crippen LogP contribution in [0.2, 0.25) is 0 Å². The molecule has 2 aromatic carbocycles. The molecule has 7 heteroatoms. The molecule has 1 saturated heterocycles. The Bertz CT molecular complexity index is 1100. The number of ether oxygens (including phenoxy) is 1. The number of hydrogen-bond acceptors (Lipinski definition) is 4. The van der Waals surface area contributed by atoms with E-state index in [4.69, 9.17) is 9.15 Å². The predicted molar refractivity (Wildman–Crippen MR) is 130 cm³/mol. The van der Waals surface area contributed by atoms with Gasteiger partial charge in [0.1, 0.15) is 11.5 Å². The van der Waals surface area contributed by atoms with Gasteiger partial charge in [-0.05, 0) is 61.6 Å². The van der Waals surface area contributed by atoms with Crippen LogP contribution in [0.4, 0.5) is 8.78 Å². The minimum atomic E-state index is -0.886. The Labute approximate surface area is 205 Å². The molecule has 0 aliphatic carbocycles. The fraction of sp³-hybridized carbons (Fsp3) is 0.393. The van der Waals surface area contributed by atoms with Crippen molar-refractivity contribution in [1.29, 1.82) is 0 Å². The summed E-state index contributed by atoms with van der Waals surface area (Å²) in [4.78, 5) is 17.3. The van der Waals surface area contributed by atoms with E-state index in [-0.39, 0.29) is 18.6 Å². The van der Waals surface area contributed by atoms with Crippen LogP contribution in [0.5, 0.6) is 0 Å². The van der Waals surface area contributed by atoms with E-state index in [1.165, 1.54) is 6.07 Å². The first-order valence-electron chi connectivity index (χ1n) is 12.1. The molecule has 186 valence electrons. The average Bonchev–Trinajstić information content (AvgIpc) is 3.51. The van der Waals surface area contributed by atoms with Crippen molar-refractivity contribution in [2.24, 2.45) is 0 Å². The maximum atomic E-state index is 13.8. The molecule has 35 heavy (non-hydrogen) atoms. The quantitative estimate of drug-likeness (QED) is 0.381. The second-order valence-corrected chi connectivity index (χ2v) is 9.12. The molecular formula is C28H32F2N2O3. The largest absolute Gasteiger partial charge is 0.464 e. The van der Waals surface area contributed by atoms with Gasteiger partial charge >= 0.3 is 0 Å². The first kappa shape index (κ1) is 25.1. The lowest BCUT2D eigenvalue weighted by atomic mass is 10.1. The highest BCUT2D eigenvalue weighted by Gasteiger charge is 2.24. The van der Waals surface area contributed by atoms with E-state index in [0.29, 0.717) is 38.3 Å². The van der Waals surface area contributed by atoms with E-state index in [9.17, 15) is 13.6 Å². The van der Waals surface area contributed by atoms with E-state index >= 15 is 0 Å². The van der Waals surface area contributed by atoms with Crippen LogP contribution in [-0.4, -0.2) is 48.1 Å². The second kappa shape index (κ2) is 12.1. The summed E-state index contributed by atoms with van der Waals surface area (Å²) < 4.78 is 38.8. The molecule has 0 radical (unpaired) electrons. The molecule has 1 atom stereocenters. The van der Waals surface area contributed by atoms with E-state index in [2.05, 4.69) is 0 Å². The Hall–Kier alpha value is -3.03. The molecule has 0 N–H and O–H groups in total. The van der Waals surface area contributed by atoms with Gasteiger partial charge in [-0.3, -0.25) is 9.69 Å². The van der Waals surface area contributed by atoms with Crippen LogP contribution in [0.25, 0.3) is 0 Å². The molecule has 1 fully saturated rings. The van der Waals surface area contributed by atoms with Gasteiger partial charge in [-0.25, -0.2) is 8.78 Å². The van der Waals surface area contributed by atoms with Crippen molar-refractivity contribution in [1.82, 2.24) is 9.80 Å². The summed E-state index contributed by atoms with van der Waals surface area (Å²) in [6, 6.07) is 17.7. The Morgan fingerprint density at radius 1 is 1.00 bits per heavy atom. The normalized spacial score (nSPS) is 15.6. The molecule has 0 spiro atoms. The van der Waals surface area contributed by atoms with Gasteiger partial charge in [-0.15, -0.1) is 0 Å². The molecular weight excluding hydrogens is 450 g/mol. The highest BCUT2D eigenvalue weighted by atomic mass is 19.2. The van der Waals surface area contributed by atoms with E-state index in [1.54, 1.807) is 11.0 Å². The minimum Gasteiger partial charge on any atom is -0.464 e. The number of carbonyl (C=O) groups is 1. The van der Waals surface area contributed by atoms with E-state index in [1.807, 2.05) is 54.3 Å². The third-order valence-electron chi connectivity index (χ3n) is 6.24. The van der Waals surface area contributed by atoms with Gasteiger partial charge in [-0.2, -0.15) is 0 Å². The number of benzene rings is 2. The average molecular weight is 483 g/mol. The number of carbonyl (C=O) groups excluding carboxylic acids is 1. The van der Waals surface area contributed by atoms with Crippen molar-refractivity contribution in [3.8, 4) is 0 Å². The monoisotopic (exact) mass is 482 g/mol. The molecule has 2 heterocycles. The fourth-order valence-electron chi connectivity index (χ4n) is 4.41. The van der Waals surface area contributed by atoms with Crippen LogP contribution in [-0.2, 0) is 29.0 Å². The van der Waals surface area contributed by atoms with Gasteiger partial charge in [-0.1, -0.05) is 36.4 Å². The molecule has 4 rings (SSSR count). The smallest absolute Gasteiger partial charge is 0.237 e. The van der Waals surface area contributed by atoms with Crippen LogP contribution in [0.1, 0.15) is 35.5 Å². The molecule has 3 aromatic rings. The van der Waals surface area contributed by atoms with E-state index < -0.39 is 11.6 Å². The molecule has 0 saturated carbocycles. The lowest BCUT2D eigenvalue weighted by Gasteiger charge is -2.29. The van der Waals surface area contributed by atoms with Crippen molar-refractivity contribution >= 4 is 5.91 Å². The SMILES string of the molecule is Cc1ccc(CN(CCc2ccccc2)C(=O)CN(Cc2ccc(F)c(F)c2)C[C@@H]2CCCO2)o1. The van der Waals surface area contributed by atoms with Crippen LogP contribution in [0.3, 0.4) is 0 Å². The number of amides is 1. The van der Waals surface area contributed by atoms with Gasteiger partial charge < -0.3 is 14.1 Å². The molecule has 0 unspecified atom stereocenters. The lowest BCUT2D eigenvalue weighted by molar-refractivity contribution is -0.133. The number of nitrogens with zero attached hydrogens (tertiary/aromatic N) is 2. The van der Waals surface area contributed by atoms with Crippen LogP contribution in [0.15, 0.2) is 65.1 Å². The predicted octanol–water partition coefficient (Wildman–Crippen LogP) is 5.12. The summed E-state index contributed by atoms with van der Waals surface area (Å²) in [6.45, 7) is 4.53. The molecule has 1 amide bonds. The second-order valence-electron chi connectivity index (χ2n) is 9.12. The van der Waals surface area contributed by atoms with Crippen molar-refractivity contribution in [3.63, 3.8) is 0 Å². The number of rotatable bonds is 11. The van der Waals surface area contributed by atoms with Crippen LogP contribution in [0, 0.1) is 18.6 Å². The van der Waals surface area contributed by atoms with Crippen molar-refractivity contribution in [3.05, 3.63) is 94.9 Å². The Morgan fingerprint density at radius 2 is 1.83 bits per heavy atom. The molecule has 1 aliphatic heterocycles. The third-order valence-corrected chi connectivity index (χ3v) is 6.24. The molecule has 0 bridgehead atoms. The minimum absolute atomic E-state index is 0.0265. The summed E-state index contributed by atoms with van der Waals surface area (Å²) >= 11 is 0. The number of hydrogen-bond donors (Lipinski definition) is 0. The Balaban J connectivity index is 1.48. The number of halogens is 2. The van der Waals surface area contributed by atoms with E-state index in [0.717, 1.165) is 42.4 Å². The Kier molecular flexibility index (Phi) is 8.66. The lowest BCUT2D eigenvalue weighted by Crippen LogP contribution is -2.43. The Morgan fingerprint density at radius 3 is 2.51 bits per heavy atom. The summed E-state index contributed by atoms with van der Waals surface area (Å²) in [5, 5.41) is 0. The summed E-state index contributed by atoms with van der Waals surface area (Å²) in [7, 11) is 0. The van der Waals surface area contributed by atoms with Crippen molar-refractivity contribution in [2.45, 2.75) is 45.4 Å². The topological polar surface area (TPSA) is 45.9 Å². The van der Waals surface area contributed by atoms with Crippen molar-refractivity contribution in [2.75, 3.05) is 26.2 Å². The zero-order chi connectivity index (χ0) is 24.6. The maximum absolute atomic E-state index is 13.8. The summed E-state index contributed by atoms with van der Waals surface area (Å²) in [6.07, 6.45) is 2.66. The number of furan rings is 1. The van der Waals surface area contributed by atoms with Gasteiger partial charge in [0.15, 0.2) is 11.6 Å². The first-order valence-corrected chi connectivity index (χ1v) is 12.1. The van der Waals surface area contributed by atoms with Crippen LogP contribution < -0.4 is 0 Å². The summed E-state index contributed by atoms with van der Waals surface area (Å²) in [5.41, 5.74) is 1.77. The van der Waals surface area contributed by atoms with Gasteiger partial charge in [0.2, 0.25) is 5.91 Å². The molecule has 1 aromatic heterocycles. The third kappa shape index (κ3) is 7.47. The first-order chi connectivity index (χ1) is 17.0. The number of aryl methyl sites for hydroxylation is 1. The zero-order valence-electron chi connectivity index (χ0n) is 20.1. The molecule has 5 nitrogen and oxygen atoms in total. The maximum Gasteiger partial charge on any atom is 0.237 e. The highest BCUT2D eigenvalue weighted by Crippen LogP contribution is 2.18.